The molecule has 3 rings (SSSR count). The molecule has 2 unspecified atom stereocenters. The second kappa shape index (κ2) is 8.04. The van der Waals surface area contributed by atoms with Crippen molar-refractivity contribution in [1.29, 1.82) is 0 Å². The molecule has 1 N–H and O–H groups in total. The topological polar surface area (TPSA) is 45.2 Å². The van der Waals surface area contributed by atoms with E-state index in [4.69, 9.17) is 0 Å². The summed E-state index contributed by atoms with van der Waals surface area (Å²) in [7, 11) is 0. The molecule has 2 saturated carbocycles. The van der Waals surface area contributed by atoms with Crippen molar-refractivity contribution in [2.24, 2.45) is 0 Å². The second-order valence-electron chi connectivity index (χ2n) is 6.57. The van der Waals surface area contributed by atoms with Gasteiger partial charge < -0.3 is 10.2 Å². The molecule has 126 valence electrons. The van der Waals surface area contributed by atoms with Crippen molar-refractivity contribution in [2.75, 3.05) is 5.75 Å². The number of nitrogens with one attached hydrogen (secondary N) is 1. The molecule has 2 aliphatic carbocycles. The number of pyridine rings is 1. The van der Waals surface area contributed by atoms with Crippen LogP contribution in [-0.2, 0) is 6.54 Å². The lowest BCUT2D eigenvalue weighted by Gasteiger charge is -2.31. The minimum Gasteiger partial charge on any atom is -0.335 e. The molecule has 1 heterocycles. The summed E-state index contributed by atoms with van der Waals surface area (Å²) in [5, 5.41) is 4.01. The Kier molecular flexibility index (Phi) is 5.81. The molecule has 0 saturated heterocycles. The van der Waals surface area contributed by atoms with Crippen LogP contribution in [0.25, 0.3) is 0 Å². The zero-order valence-electron chi connectivity index (χ0n) is 13.9. The lowest BCUT2D eigenvalue weighted by Crippen LogP contribution is -2.47. The predicted molar refractivity (Wildman–Crippen MR) is 95.5 cm³/mol. The molecule has 2 fully saturated rings. The lowest BCUT2D eigenvalue weighted by atomic mass is 9.95. The highest BCUT2D eigenvalue weighted by molar-refractivity contribution is 7.99. The van der Waals surface area contributed by atoms with Crippen molar-refractivity contribution < 1.29 is 4.79 Å². The van der Waals surface area contributed by atoms with Crippen molar-refractivity contribution in [3.8, 4) is 0 Å². The Bertz CT molecular complexity index is 504. The average molecular weight is 334 g/mol. The van der Waals surface area contributed by atoms with Gasteiger partial charge in [0.2, 0.25) is 0 Å². The number of carbonyl (C=O) groups excluding carboxylic acids is 1. The van der Waals surface area contributed by atoms with Crippen LogP contribution in [0.5, 0.6) is 0 Å². The van der Waals surface area contributed by atoms with Crippen molar-refractivity contribution in [2.45, 2.75) is 69.3 Å². The summed E-state index contributed by atoms with van der Waals surface area (Å²) in [6, 6.07) is 6.74. The number of hydrogen-bond donors (Lipinski definition) is 1. The molecular weight excluding hydrogens is 306 g/mol. The Morgan fingerprint density at radius 2 is 2.22 bits per heavy atom. The predicted octanol–water partition coefficient (Wildman–Crippen LogP) is 3.82. The molecular formula is C18H27N3OS. The fourth-order valence-electron chi connectivity index (χ4n) is 3.34. The van der Waals surface area contributed by atoms with E-state index < -0.39 is 0 Å². The number of carbonyl (C=O) groups is 1. The molecule has 0 radical (unpaired) electrons. The van der Waals surface area contributed by atoms with E-state index in [0.29, 0.717) is 23.9 Å². The number of nitrogens with zero attached hydrogens (tertiary/aromatic N) is 2. The number of hydrogen-bond acceptors (Lipinski definition) is 3. The number of amides is 2. The number of urea groups is 1. The molecule has 2 amide bonds. The van der Waals surface area contributed by atoms with Gasteiger partial charge in [-0.3, -0.25) is 4.98 Å². The Labute approximate surface area is 143 Å². The molecule has 23 heavy (non-hydrogen) atoms. The third-order valence-corrected chi connectivity index (χ3v) is 5.90. The monoisotopic (exact) mass is 333 g/mol. The van der Waals surface area contributed by atoms with Crippen LogP contribution < -0.4 is 5.32 Å². The van der Waals surface area contributed by atoms with Gasteiger partial charge in [0.05, 0.1) is 12.2 Å². The van der Waals surface area contributed by atoms with E-state index in [-0.39, 0.29) is 6.03 Å². The van der Waals surface area contributed by atoms with Crippen LogP contribution in [0.15, 0.2) is 24.4 Å². The standard InChI is InChI=1S/C18H27N3OS/c1-2-23-17-8-5-7-14(12-17)20-18(22)21(16-9-10-16)13-15-6-3-4-11-19-15/h3-4,6,11,14,16-17H,2,5,7-10,12-13H2,1H3,(H,20,22). The van der Waals surface area contributed by atoms with E-state index in [9.17, 15) is 4.79 Å². The largest absolute Gasteiger partial charge is 0.335 e. The Morgan fingerprint density at radius 3 is 2.91 bits per heavy atom. The van der Waals surface area contributed by atoms with Gasteiger partial charge in [0, 0.05) is 23.5 Å². The summed E-state index contributed by atoms with van der Waals surface area (Å²) in [4.78, 5) is 19.1. The first-order chi connectivity index (χ1) is 11.3. The maximum absolute atomic E-state index is 12.7. The van der Waals surface area contributed by atoms with Gasteiger partial charge in [0.25, 0.3) is 0 Å². The average Bonchev–Trinajstić information content (AvgIpc) is 3.39. The van der Waals surface area contributed by atoms with E-state index in [1.165, 1.54) is 18.6 Å². The molecule has 2 atom stereocenters. The molecule has 5 heteroatoms. The van der Waals surface area contributed by atoms with Crippen LogP contribution in [0.1, 0.15) is 51.1 Å². The zero-order valence-corrected chi connectivity index (χ0v) is 14.7. The first kappa shape index (κ1) is 16.6. The number of aromatic nitrogens is 1. The summed E-state index contributed by atoms with van der Waals surface area (Å²) >= 11 is 2.04. The van der Waals surface area contributed by atoms with Crippen LogP contribution in [0, 0.1) is 0 Å². The summed E-state index contributed by atoms with van der Waals surface area (Å²) in [6.45, 7) is 2.84. The molecule has 4 nitrogen and oxygen atoms in total. The van der Waals surface area contributed by atoms with E-state index in [0.717, 1.165) is 31.4 Å². The van der Waals surface area contributed by atoms with Gasteiger partial charge in [-0.1, -0.05) is 19.4 Å². The normalized spacial score (nSPS) is 24.2. The van der Waals surface area contributed by atoms with E-state index >= 15 is 0 Å². The van der Waals surface area contributed by atoms with Gasteiger partial charge >= 0.3 is 6.03 Å². The summed E-state index contributed by atoms with van der Waals surface area (Å²) in [5.74, 6) is 1.17. The first-order valence-electron chi connectivity index (χ1n) is 8.85. The summed E-state index contributed by atoms with van der Waals surface area (Å²) in [6.07, 6.45) is 8.81. The SMILES string of the molecule is CCSC1CCCC(NC(=O)N(Cc2ccccn2)C2CC2)C1. The van der Waals surface area contributed by atoms with E-state index in [1.54, 1.807) is 6.20 Å². The van der Waals surface area contributed by atoms with Crippen molar-refractivity contribution >= 4 is 17.8 Å². The van der Waals surface area contributed by atoms with Gasteiger partial charge in [-0.15, -0.1) is 0 Å². The van der Waals surface area contributed by atoms with Gasteiger partial charge in [0.1, 0.15) is 0 Å². The van der Waals surface area contributed by atoms with Gasteiger partial charge in [0.15, 0.2) is 0 Å². The Balaban J connectivity index is 1.56. The number of rotatable bonds is 6. The molecule has 2 aliphatic rings. The van der Waals surface area contributed by atoms with E-state index in [1.807, 2.05) is 34.9 Å². The minimum atomic E-state index is 0.102. The van der Waals surface area contributed by atoms with Crippen LogP contribution in [0.2, 0.25) is 0 Å². The third-order valence-electron chi connectivity index (χ3n) is 4.66. The molecule has 0 aromatic carbocycles. The van der Waals surface area contributed by atoms with Crippen molar-refractivity contribution in [3.63, 3.8) is 0 Å². The smallest absolute Gasteiger partial charge is 0.318 e. The molecule has 0 bridgehead atoms. The maximum atomic E-state index is 12.7. The van der Waals surface area contributed by atoms with Gasteiger partial charge in [-0.2, -0.15) is 11.8 Å². The van der Waals surface area contributed by atoms with Crippen LogP contribution in [-0.4, -0.2) is 39.0 Å². The fraction of sp³-hybridized carbons (Fsp3) is 0.667. The Morgan fingerprint density at radius 1 is 1.35 bits per heavy atom. The first-order valence-corrected chi connectivity index (χ1v) is 9.89. The molecule has 1 aromatic rings. The zero-order chi connectivity index (χ0) is 16.1. The van der Waals surface area contributed by atoms with E-state index in [2.05, 4.69) is 17.2 Å². The number of thioether (sulfide) groups is 1. The molecule has 1 aromatic heterocycles. The third kappa shape index (κ3) is 4.87. The molecule has 0 spiro atoms. The van der Waals surface area contributed by atoms with Gasteiger partial charge in [-0.05, 0) is 50.0 Å². The molecule has 0 aliphatic heterocycles. The van der Waals surface area contributed by atoms with Crippen molar-refractivity contribution in [3.05, 3.63) is 30.1 Å². The fourth-order valence-corrected chi connectivity index (χ4v) is 4.51. The maximum Gasteiger partial charge on any atom is 0.318 e. The highest BCUT2D eigenvalue weighted by Crippen LogP contribution is 2.30. The van der Waals surface area contributed by atoms with Gasteiger partial charge in [-0.25, -0.2) is 4.79 Å². The minimum absolute atomic E-state index is 0.102. The van der Waals surface area contributed by atoms with Crippen molar-refractivity contribution in [1.82, 2.24) is 15.2 Å². The summed E-state index contributed by atoms with van der Waals surface area (Å²) < 4.78 is 0. The lowest BCUT2D eigenvalue weighted by molar-refractivity contribution is 0.184. The van der Waals surface area contributed by atoms with Crippen LogP contribution in [0.3, 0.4) is 0 Å². The highest BCUT2D eigenvalue weighted by atomic mass is 32.2. The highest BCUT2D eigenvalue weighted by Gasteiger charge is 2.34. The van der Waals surface area contributed by atoms with Crippen LogP contribution >= 0.6 is 11.8 Å². The summed E-state index contributed by atoms with van der Waals surface area (Å²) in [5.41, 5.74) is 0.970. The van der Waals surface area contributed by atoms with Crippen LogP contribution in [0.4, 0.5) is 4.79 Å². The Hall–Kier alpha value is -1.23. The second-order valence-corrected chi connectivity index (χ2v) is 8.15. The quantitative estimate of drug-likeness (QED) is 0.861.